The number of nitrogens with zero attached hydrogens (tertiary/aromatic N) is 3. The number of thiazole rings is 1. The molecule has 0 atom stereocenters. The highest BCUT2D eigenvalue weighted by molar-refractivity contribution is 9.13. The zero-order chi connectivity index (χ0) is 12.6. The number of hydrogen-bond acceptors (Lipinski definition) is 6. The minimum Gasteiger partial charge on any atom is -0.221 e. The van der Waals surface area contributed by atoms with Crippen LogP contribution in [0.4, 0.5) is 13.2 Å². The normalized spacial score (nSPS) is 12.1. The van der Waals surface area contributed by atoms with Crippen molar-refractivity contribution in [3.05, 3.63) is 13.4 Å². The van der Waals surface area contributed by atoms with E-state index in [0.717, 1.165) is 15.5 Å². The van der Waals surface area contributed by atoms with Crippen molar-refractivity contribution in [2.24, 2.45) is 0 Å². The summed E-state index contributed by atoms with van der Waals surface area (Å²) in [6, 6.07) is 0. The van der Waals surface area contributed by atoms with Crippen LogP contribution in [0.5, 0.6) is 0 Å². The lowest BCUT2D eigenvalue weighted by atomic mass is 10.7. The van der Waals surface area contributed by atoms with Crippen LogP contribution in [0.15, 0.2) is 17.1 Å². The van der Waals surface area contributed by atoms with Gasteiger partial charge in [0.05, 0.1) is 0 Å². The highest BCUT2D eigenvalue weighted by Crippen LogP contribution is 2.40. The number of hydrogen-bond donors (Lipinski definition) is 0. The second-order valence-corrected chi connectivity index (χ2v) is 8.06. The van der Waals surface area contributed by atoms with Gasteiger partial charge in [0.25, 0.3) is 0 Å². The van der Waals surface area contributed by atoms with Gasteiger partial charge in [0.2, 0.25) is 5.01 Å². The first-order valence-electron chi connectivity index (χ1n) is 3.76. The van der Waals surface area contributed by atoms with E-state index in [2.05, 4.69) is 47.0 Å². The van der Waals surface area contributed by atoms with Crippen LogP contribution < -0.4 is 0 Å². The summed E-state index contributed by atoms with van der Waals surface area (Å²) in [5.41, 5.74) is 0. The molecule has 92 valence electrons. The smallest absolute Gasteiger partial charge is 0.221 e. The summed E-state index contributed by atoms with van der Waals surface area (Å²) in [6.45, 7) is 0. The van der Waals surface area contributed by atoms with Gasteiger partial charge in [-0.15, -0.1) is 10.2 Å². The van der Waals surface area contributed by atoms with Crippen molar-refractivity contribution in [2.45, 2.75) is 14.9 Å². The zero-order valence-corrected chi connectivity index (χ0v) is 13.1. The van der Waals surface area contributed by atoms with E-state index in [0.29, 0.717) is 20.3 Å². The minimum atomic E-state index is -4.44. The monoisotopic (exact) mass is 425 g/mol. The first-order chi connectivity index (χ1) is 7.86. The van der Waals surface area contributed by atoms with Crippen LogP contribution in [0.2, 0.25) is 0 Å². The topological polar surface area (TPSA) is 38.7 Å². The Labute approximate surface area is 122 Å². The Kier molecular flexibility index (Phi) is 4.13. The largest absolute Gasteiger partial charge is 0.445 e. The van der Waals surface area contributed by atoms with E-state index in [4.69, 9.17) is 0 Å². The van der Waals surface area contributed by atoms with E-state index in [1.165, 1.54) is 11.3 Å². The Balaban J connectivity index is 2.17. The van der Waals surface area contributed by atoms with Crippen molar-refractivity contribution in [2.75, 3.05) is 0 Å². The summed E-state index contributed by atoms with van der Waals surface area (Å²) >= 11 is 9.30. The second kappa shape index (κ2) is 5.11. The third kappa shape index (κ3) is 3.40. The molecule has 0 aliphatic carbocycles. The van der Waals surface area contributed by atoms with Gasteiger partial charge in [0.15, 0.2) is 8.68 Å². The van der Waals surface area contributed by atoms with E-state index in [9.17, 15) is 13.2 Å². The van der Waals surface area contributed by atoms with E-state index < -0.39 is 11.2 Å². The van der Waals surface area contributed by atoms with Crippen molar-refractivity contribution in [1.82, 2.24) is 15.2 Å². The quantitative estimate of drug-likeness (QED) is 0.698. The van der Waals surface area contributed by atoms with Gasteiger partial charge in [0, 0.05) is 0 Å². The fourth-order valence-corrected chi connectivity index (χ4v) is 4.96. The lowest BCUT2D eigenvalue weighted by molar-refractivity contribution is -0.138. The molecule has 0 aliphatic rings. The molecule has 11 heteroatoms. The fourth-order valence-electron chi connectivity index (χ4n) is 0.750. The van der Waals surface area contributed by atoms with E-state index >= 15 is 0 Å². The molecule has 0 aromatic carbocycles. The molecule has 0 amide bonds. The third-order valence-corrected chi connectivity index (χ3v) is 6.51. The second-order valence-electron chi connectivity index (χ2n) is 2.52. The van der Waals surface area contributed by atoms with E-state index in [1.54, 1.807) is 0 Å². The summed E-state index contributed by atoms with van der Waals surface area (Å²) in [7, 11) is 0. The molecule has 17 heavy (non-hydrogen) atoms. The van der Waals surface area contributed by atoms with Crippen LogP contribution in [-0.2, 0) is 6.18 Å². The molecule has 0 spiro atoms. The van der Waals surface area contributed by atoms with Crippen molar-refractivity contribution in [3.8, 4) is 0 Å². The Morgan fingerprint density at radius 2 is 1.76 bits per heavy atom. The first kappa shape index (κ1) is 13.7. The Morgan fingerprint density at radius 3 is 2.24 bits per heavy atom. The van der Waals surface area contributed by atoms with E-state index in [1.807, 2.05) is 0 Å². The molecule has 3 nitrogen and oxygen atoms in total. The number of rotatable bonds is 2. The molecule has 0 fully saturated rings. The van der Waals surface area contributed by atoms with Gasteiger partial charge in [0.1, 0.15) is 8.39 Å². The standard InChI is InChI=1S/C6Br2F3N3S3/c7-1-2(8)15-4(12-1)17-5-14-13-3(16-5)6(9,10)11. The number of halogens is 5. The maximum absolute atomic E-state index is 12.3. The Morgan fingerprint density at radius 1 is 1.06 bits per heavy atom. The Bertz CT molecular complexity index is 519. The molecule has 0 saturated carbocycles. The third-order valence-electron chi connectivity index (χ3n) is 1.35. The van der Waals surface area contributed by atoms with Crippen LogP contribution >= 0.6 is 66.3 Å². The molecule has 0 saturated heterocycles. The van der Waals surface area contributed by atoms with Crippen LogP contribution in [0.3, 0.4) is 0 Å². The molecule has 0 radical (unpaired) electrons. The molecule has 2 heterocycles. The molecule has 0 unspecified atom stereocenters. The summed E-state index contributed by atoms with van der Waals surface area (Å²) in [5, 5.41) is 5.60. The number of aromatic nitrogens is 3. The predicted molar refractivity (Wildman–Crippen MR) is 66.5 cm³/mol. The first-order valence-corrected chi connectivity index (χ1v) is 7.80. The van der Waals surface area contributed by atoms with Crippen LogP contribution in [0, 0.1) is 0 Å². The molecular formula is C6Br2F3N3S3. The molecule has 0 aliphatic heterocycles. The van der Waals surface area contributed by atoms with Crippen LogP contribution in [-0.4, -0.2) is 15.2 Å². The fraction of sp³-hybridized carbons (Fsp3) is 0.167. The maximum Gasteiger partial charge on any atom is 0.445 e. The highest BCUT2D eigenvalue weighted by atomic mass is 79.9. The molecule has 2 aromatic heterocycles. The van der Waals surface area contributed by atoms with Crippen molar-refractivity contribution in [3.63, 3.8) is 0 Å². The molecule has 2 aromatic rings. The molecule has 0 N–H and O–H groups in total. The highest BCUT2D eigenvalue weighted by Gasteiger charge is 2.35. The van der Waals surface area contributed by atoms with Crippen molar-refractivity contribution >= 4 is 66.3 Å². The molecule has 0 bridgehead atoms. The van der Waals surface area contributed by atoms with Crippen LogP contribution in [0.1, 0.15) is 5.01 Å². The minimum absolute atomic E-state index is 0.214. The van der Waals surface area contributed by atoms with Gasteiger partial charge in [-0.25, -0.2) is 4.98 Å². The summed E-state index contributed by atoms with van der Waals surface area (Å²) in [6.07, 6.45) is -4.44. The van der Waals surface area contributed by atoms with Gasteiger partial charge in [-0.2, -0.15) is 13.2 Å². The summed E-state index contributed by atoms with van der Waals surface area (Å²) in [5.74, 6) is 0. The zero-order valence-electron chi connectivity index (χ0n) is 7.46. The molecule has 2 rings (SSSR count). The SMILES string of the molecule is FC(F)(F)c1nnc(Sc2nc(Br)c(Br)s2)s1. The van der Waals surface area contributed by atoms with Gasteiger partial charge < -0.3 is 0 Å². The summed E-state index contributed by atoms with van der Waals surface area (Å²) < 4.78 is 39.0. The Hall–Kier alpha value is 0.290. The lowest BCUT2D eigenvalue weighted by Gasteiger charge is -1.97. The van der Waals surface area contributed by atoms with E-state index in [-0.39, 0.29) is 4.34 Å². The lowest BCUT2D eigenvalue weighted by Crippen LogP contribution is -2.03. The van der Waals surface area contributed by atoms with Crippen molar-refractivity contribution in [1.29, 1.82) is 0 Å². The van der Waals surface area contributed by atoms with Gasteiger partial charge in [-0.05, 0) is 43.6 Å². The number of alkyl halides is 3. The van der Waals surface area contributed by atoms with Gasteiger partial charge >= 0.3 is 6.18 Å². The average molecular weight is 427 g/mol. The maximum atomic E-state index is 12.3. The van der Waals surface area contributed by atoms with Gasteiger partial charge in [-0.3, -0.25) is 0 Å². The van der Waals surface area contributed by atoms with Crippen LogP contribution in [0.25, 0.3) is 0 Å². The summed E-state index contributed by atoms with van der Waals surface area (Å²) in [4.78, 5) is 4.09. The van der Waals surface area contributed by atoms with Gasteiger partial charge in [-0.1, -0.05) is 22.7 Å². The van der Waals surface area contributed by atoms with Crippen molar-refractivity contribution < 1.29 is 13.2 Å². The predicted octanol–water partition coefficient (Wildman–Crippen LogP) is 4.69. The molecular weight excluding hydrogens is 427 g/mol. The average Bonchev–Trinajstić information content (AvgIpc) is 2.75.